The molecule has 0 amide bonds. The molecule has 0 N–H and O–H groups in total. The Bertz CT molecular complexity index is 739. The standard InChI is InChI=1S/C16H18BrNO2S/c1-12-4-9-16(10-13(12)2)18(21(3,19)20)11-14-5-7-15(17)8-6-14/h4-10H,11H2,1-3H3. The van der Waals surface area contributed by atoms with Crippen LogP contribution in [0.5, 0.6) is 0 Å². The van der Waals surface area contributed by atoms with Gasteiger partial charge in [0.05, 0.1) is 18.5 Å². The van der Waals surface area contributed by atoms with E-state index in [4.69, 9.17) is 0 Å². The smallest absolute Gasteiger partial charge is 0.232 e. The number of aryl methyl sites for hydroxylation is 2. The lowest BCUT2D eigenvalue weighted by Gasteiger charge is -2.23. The highest BCUT2D eigenvalue weighted by atomic mass is 79.9. The Morgan fingerprint density at radius 3 is 2.14 bits per heavy atom. The van der Waals surface area contributed by atoms with Gasteiger partial charge in [0.1, 0.15) is 0 Å². The Hall–Kier alpha value is -1.33. The third kappa shape index (κ3) is 4.08. The van der Waals surface area contributed by atoms with Crippen LogP contribution in [-0.2, 0) is 16.6 Å². The van der Waals surface area contributed by atoms with Crippen LogP contribution in [0.4, 0.5) is 5.69 Å². The molecular weight excluding hydrogens is 350 g/mol. The number of nitrogens with zero attached hydrogens (tertiary/aromatic N) is 1. The topological polar surface area (TPSA) is 37.4 Å². The molecule has 0 atom stereocenters. The van der Waals surface area contributed by atoms with Crippen LogP contribution in [0.1, 0.15) is 16.7 Å². The second-order valence-corrected chi connectivity index (χ2v) is 7.99. The maximum atomic E-state index is 12.1. The number of hydrogen-bond donors (Lipinski definition) is 0. The van der Waals surface area contributed by atoms with Crippen LogP contribution in [-0.4, -0.2) is 14.7 Å². The first-order chi connectivity index (χ1) is 9.77. The summed E-state index contributed by atoms with van der Waals surface area (Å²) in [5.74, 6) is 0. The summed E-state index contributed by atoms with van der Waals surface area (Å²) in [4.78, 5) is 0. The molecule has 0 saturated heterocycles. The molecule has 0 bridgehead atoms. The molecule has 0 unspecified atom stereocenters. The summed E-state index contributed by atoms with van der Waals surface area (Å²) in [5.41, 5.74) is 3.87. The molecule has 0 saturated carbocycles. The molecule has 0 radical (unpaired) electrons. The Kier molecular flexibility index (Phi) is 4.74. The zero-order valence-corrected chi connectivity index (χ0v) is 14.7. The maximum absolute atomic E-state index is 12.1. The van der Waals surface area contributed by atoms with Gasteiger partial charge in [0.2, 0.25) is 10.0 Å². The molecule has 112 valence electrons. The van der Waals surface area contributed by atoms with E-state index in [2.05, 4.69) is 15.9 Å². The normalized spacial score (nSPS) is 11.4. The molecule has 2 aromatic rings. The van der Waals surface area contributed by atoms with Gasteiger partial charge >= 0.3 is 0 Å². The average Bonchev–Trinajstić information content (AvgIpc) is 2.40. The van der Waals surface area contributed by atoms with Gasteiger partial charge in [-0.15, -0.1) is 0 Å². The lowest BCUT2D eigenvalue weighted by molar-refractivity contribution is 0.596. The fraction of sp³-hybridized carbons (Fsp3) is 0.250. The van der Waals surface area contributed by atoms with Crippen LogP contribution >= 0.6 is 15.9 Å². The summed E-state index contributed by atoms with van der Waals surface area (Å²) in [6, 6.07) is 13.4. The van der Waals surface area contributed by atoms with Crippen molar-refractivity contribution in [3.05, 3.63) is 63.6 Å². The summed E-state index contributed by atoms with van der Waals surface area (Å²) in [5, 5.41) is 0. The number of halogens is 1. The molecule has 2 aromatic carbocycles. The average molecular weight is 368 g/mol. The molecule has 0 aliphatic rings. The second kappa shape index (κ2) is 6.20. The van der Waals surface area contributed by atoms with Gasteiger partial charge in [0.15, 0.2) is 0 Å². The minimum absolute atomic E-state index is 0.328. The number of benzene rings is 2. The molecule has 0 aliphatic heterocycles. The van der Waals surface area contributed by atoms with E-state index in [9.17, 15) is 8.42 Å². The Balaban J connectivity index is 2.39. The minimum Gasteiger partial charge on any atom is -0.266 e. The van der Waals surface area contributed by atoms with E-state index >= 15 is 0 Å². The van der Waals surface area contributed by atoms with E-state index in [0.29, 0.717) is 12.2 Å². The molecular formula is C16H18BrNO2S. The summed E-state index contributed by atoms with van der Waals surface area (Å²) >= 11 is 3.38. The predicted molar refractivity (Wildman–Crippen MR) is 91.1 cm³/mol. The van der Waals surface area contributed by atoms with Crippen LogP contribution < -0.4 is 4.31 Å². The van der Waals surface area contributed by atoms with Crippen LogP contribution in [0.3, 0.4) is 0 Å². The van der Waals surface area contributed by atoms with E-state index in [1.165, 1.54) is 10.6 Å². The van der Waals surface area contributed by atoms with Gasteiger partial charge in [0.25, 0.3) is 0 Å². The van der Waals surface area contributed by atoms with Crippen LogP contribution in [0.25, 0.3) is 0 Å². The highest BCUT2D eigenvalue weighted by Crippen LogP contribution is 2.24. The van der Waals surface area contributed by atoms with Gasteiger partial charge in [-0.3, -0.25) is 4.31 Å². The maximum Gasteiger partial charge on any atom is 0.232 e. The van der Waals surface area contributed by atoms with Crippen LogP contribution in [0.15, 0.2) is 46.9 Å². The Morgan fingerprint density at radius 2 is 1.62 bits per heavy atom. The van der Waals surface area contributed by atoms with Crippen molar-refractivity contribution in [2.45, 2.75) is 20.4 Å². The fourth-order valence-corrected chi connectivity index (χ4v) is 3.18. The highest BCUT2D eigenvalue weighted by Gasteiger charge is 2.18. The van der Waals surface area contributed by atoms with Gasteiger partial charge < -0.3 is 0 Å². The van der Waals surface area contributed by atoms with Crippen molar-refractivity contribution >= 4 is 31.6 Å². The van der Waals surface area contributed by atoms with Gasteiger partial charge in [-0.1, -0.05) is 34.1 Å². The third-order valence-corrected chi connectivity index (χ3v) is 5.09. The summed E-state index contributed by atoms with van der Waals surface area (Å²) in [7, 11) is -3.33. The number of rotatable bonds is 4. The summed E-state index contributed by atoms with van der Waals surface area (Å²) in [6.45, 7) is 4.33. The van der Waals surface area contributed by atoms with Crippen LogP contribution in [0.2, 0.25) is 0 Å². The van der Waals surface area contributed by atoms with E-state index in [1.54, 1.807) is 0 Å². The van der Waals surface area contributed by atoms with Crippen molar-refractivity contribution in [2.75, 3.05) is 10.6 Å². The van der Waals surface area contributed by atoms with Crippen molar-refractivity contribution < 1.29 is 8.42 Å². The zero-order chi connectivity index (χ0) is 15.6. The molecule has 0 spiro atoms. The molecule has 0 fully saturated rings. The van der Waals surface area contributed by atoms with E-state index in [1.807, 2.05) is 56.3 Å². The van der Waals surface area contributed by atoms with Gasteiger partial charge in [-0.05, 0) is 54.8 Å². The zero-order valence-electron chi connectivity index (χ0n) is 12.3. The molecule has 0 heterocycles. The van der Waals surface area contributed by atoms with E-state index < -0.39 is 10.0 Å². The Labute approximate surface area is 134 Å². The molecule has 0 aromatic heterocycles. The largest absolute Gasteiger partial charge is 0.266 e. The van der Waals surface area contributed by atoms with Crippen molar-refractivity contribution in [2.24, 2.45) is 0 Å². The number of anilines is 1. The van der Waals surface area contributed by atoms with Gasteiger partial charge in [0, 0.05) is 4.47 Å². The summed E-state index contributed by atoms with van der Waals surface area (Å²) in [6.07, 6.45) is 1.24. The minimum atomic E-state index is -3.33. The molecule has 0 aliphatic carbocycles. The first-order valence-corrected chi connectivity index (χ1v) is 9.21. The lowest BCUT2D eigenvalue weighted by atomic mass is 10.1. The molecule has 5 heteroatoms. The first-order valence-electron chi connectivity index (χ1n) is 6.57. The predicted octanol–water partition coefficient (Wildman–Crippen LogP) is 4.03. The van der Waals surface area contributed by atoms with Crippen molar-refractivity contribution in [3.8, 4) is 0 Å². The lowest BCUT2D eigenvalue weighted by Crippen LogP contribution is -2.29. The number of sulfonamides is 1. The fourth-order valence-electron chi connectivity index (χ4n) is 2.04. The van der Waals surface area contributed by atoms with Crippen molar-refractivity contribution in [3.63, 3.8) is 0 Å². The SMILES string of the molecule is Cc1ccc(N(Cc2ccc(Br)cc2)S(C)(=O)=O)cc1C. The van der Waals surface area contributed by atoms with Gasteiger partial charge in [-0.2, -0.15) is 0 Å². The molecule has 2 rings (SSSR count). The van der Waals surface area contributed by atoms with Crippen molar-refractivity contribution in [1.82, 2.24) is 0 Å². The second-order valence-electron chi connectivity index (χ2n) is 5.16. The van der Waals surface area contributed by atoms with Gasteiger partial charge in [-0.25, -0.2) is 8.42 Å². The monoisotopic (exact) mass is 367 g/mol. The molecule has 3 nitrogen and oxygen atoms in total. The third-order valence-electron chi connectivity index (χ3n) is 3.42. The van der Waals surface area contributed by atoms with E-state index in [-0.39, 0.29) is 0 Å². The quantitative estimate of drug-likeness (QED) is 0.817. The van der Waals surface area contributed by atoms with E-state index in [0.717, 1.165) is 21.2 Å². The first kappa shape index (κ1) is 16.0. The Morgan fingerprint density at radius 1 is 1.00 bits per heavy atom. The molecule has 21 heavy (non-hydrogen) atoms. The highest BCUT2D eigenvalue weighted by molar-refractivity contribution is 9.10. The van der Waals surface area contributed by atoms with Crippen LogP contribution in [0, 0.1) is 13.8 Å². The summed E-state index contributed by atoms with van der Waals surface area (Å²) < 4.78 is 26.6. The number of hydrogen-bond acceptors (Lipinski definition) is 2. The van der Waals surface area contributed by atoms with Crippen molar-refractivity contribution in [1.29, 1.82) is 0 Å².